The maximum absolute atomic E-state index is 12.2. The van der Waals surface area contributed by atoms with E-state index in [9.17, 15) is 14.7 Å². The molecule has 2 aromatic rings. The molecule has 0 spiro atoms. The summed E-state index contributed by atoms with van der Waals surface area (Å²) in [6, 6.07) is 7.06. The molecule has 1 amide bonds. The smallest absolute Gasteiger partial charge is 0.326 e. The lowest BCUT2D eigenvalue weighted by molar-refractivity contribution is -0.150. The fourth-order valence-corrected chi connectivity index (χ4v) is 3.31. The number of nitrogens with zero attached hydrogens (tertiary/aromatic N) is 1. The number of carbonyl (C=O) groups is 2. The summed E-state index contributed by atoms with van der Waals surface area (Å²) >= 11 is 1.41. The summed E-state index contributed by atoms with van der Waals surface area (Å²) in [5, 5.41) is 10.5. The summed E-state index contributed by atoms with van der Waals surface area (Å²) in [4.78, 5) is 28.5. The standard InChI is InChI=1S/C15H16N2O3S/c1-21-8-14(18)17-7-12-10(6-13(17)15(19)20)9-4-2-3-5-11(9)16-12/h2-5,13,16H,6-8H2,1H3,(H,19,20). The number of carboxylic acid groups (broad SMARTS) is 1. The average Bonchev–Trinajstić information content (AvgIpc) is 2.83. The van der Waals surface area contributed by atoms with E-state index in [-0.39, 0.29) is 5.91 Å². The Bertz CT molecular complexity index is 710. The topological polar surface area (TPSA) is 73.4 Å². The minimum Gasteiger partial charge on any atom is -0.480 e. The first-order valence-corrected chi connectivity index (χ1v) is 8.11. The van der Waals surface area contributed by atoms with Crippen molar-refractivity contribution in [1.29, 1.82) is 0 Å². The summed E-state index contributed by atoms with van der Waals surface area (Å²) in [5.74, 6) is -0.765. The van der Waals surface area contributed by atoms with Crippen LogP contribution >= 0.6 is 11.8 Å². The van der Waals surface area contributed by atoms with E-state index in [0.717, 1.165) is 22.2 Å². The zero-order valence-corrected chi connectivity index (χ0v) is 12.4. The molecular formula is C15H16N2O3S. The van der Waals surface area contributed by atoms with Crippen LogP contribution in [0.15, 0.2) is 24.3 Å². The van der Waals surface area contributed by atoms with Crippen molar-refractivity contribution in [2.24, 2.45) is 0 Å². The van der Waals surface area contributed by atoms with E-state index in [4.69, 9.17) is 0 Å². The van der Waals surface area contributed by atoms with Gasteiger partial charge < -0.3 is 15.0 Å². The molecule has 21 heavy (non-hydrogen) atoms. The van der Waals surface area contributed by atoms with E-state index in [2.05, 4.69) is 4.98 Å². The third kappa shape index (κ3) is 2.40. The Morgan fingerprint density at radius 3 is 2.90 bits per heavy atom. The second-order valence-electron chi connectivity index (χ2n) is 5.14. The van der Waals surface area contributed by atoms with E-state index < -0.39 is 12.0 Å². The molecule has 0 saturated heterocycles. The predicted molar refractivity (Wildman–Crippen MR) is 82.4 cm³/mol. The van der Waals surface area contributed by atoms with Gasteiger partial charge in [-0.15, -0.1) is 0 Å². The molecule has 5 nitrogen and oxygen atoms in total. The Morgan fingerprint density at radius 2 is 2.19 bits per heavy atom. The number of carbonyl (C=O) groups excluding carboxylic acids is 1. The van der Waals surface area contributed by atoms with Crippen LogP contribution in [-0.4, -0.2) is 44.9 Å². The second kappa shape index (κ2) is 5.44. The Balaban J connectivity index is 2.03. The lowest BCUT2D eigenvalue weighted by Gasteiger charge is -2.33. The maximum Gasteiger partial charge on any atom is 0.326 e. The number of hydrogen-bond acceptors (Lipinski definition) is 3. The zero-order chi connectivity index (χ0) is 15.0. The minimum absolute atomic E-state index is 0.126. The molecule has 1 unspecified atom stereocenters. The number of H-pyrrole nitrogens is 1. The number of aliphatic carboxylic acids is 1. The average molecular weight is 304 g/mol. The molecule has 6 heteroatoms. The molecule has 0 bridgehead atoms. The fourth-order valence-electron chi connectivity index (χ4n) is 2.90. The number of amides is 1. The van der Waals surface area contributed by atoms with Gasteiger partial charge >= 0.3 is 5.97 Å². The van der Waals surface area contributed by atoms with Crippen molar-refractivity contribution in [2.75, 3.05) is 12.0 Å². The first-order chi connectivity index (χ1) is 10.1. The number of rotatable bonds is 3. The van der Waals surface area contributed by atoms with Gasteiger partial charge in [-0.3, -0.25) is 4.79 Å². The Kier molecular flexibility index (Phi) is 3.63. The van der Waals surface area contributed by atoms with Crippen molar-refractivity contribution in [1.82, 2.24) is 9.88 Å². The molecule has 1 aliphatic rings. The second-order valence-corrected chi connectivity index (χ2v) is 6.01. The number of fused-ring (bicyclic) bond motifs is 3. The van der Waals surface area contributed by atoms with Gasteiger partial charge in [-0.2, -0.15) is 11.8 Å². The van der Waals surface area contributed by atoms with E-state index in [1.165, 1.54) is 16.7 Å². The third-order valence-corrected chi connectivity index (χ3v) is 4.41. The SMILES string of the molecule is CSCC(=O)N1Cc2[nH]c3ccccc3c2CC1C(=O)O. The number of aromatic amines is 1. The van der Waals surface area contributed by atoms with Gasteiger partial charge in [0, 0.05) is 23.0 Å². The van der Waals surface area contributed by atoms with E-state index in [0.29, 0.717) is 18.7 Å². The van der Waals surface area contributed by atoms with Gasteiger partial charge in [-0.05, 0) is 17.9 Å². The van der Waals surface area contributed by atoms with E-state index in [1.54, 1.807) is 0 Å². The van der Waals surface area contributed by atoms with Crippen LogP contribution in [0.25, 0.3) is 10.9 Å². The molecule has 2 heterocycles. The highest BCUT2D eigenvalue weighted by Gasteiger charge is 2.35. The molecule has 1 aromatic carbocycles. The Labute approximate surface area is 126 Å². The first kappa shape index (κ1) is 14.0. The normalized spacial score (nSPS) is 17.8. The number of hydrogen-bond donors (Lipinski definition) is 2. The zero-order valence-electron chi connectivity index (χ0n) is 11.6. The summed E-state index contributed by atoms with van der Waals surface area (Å²) in [6.45, 7) is 0.334. The summed E-state index contributed by atoms with van der Waals surface area (Å²) in [6.07, 6.45) is 2.20. The summed E-state index contributed by atoms with van der Waals surface area (Å²) in [7, 11) is 0. The first-order valence-electron chi connectivity index (χ1n) is 6.71. The molecule has 0 aliphatic carbocycles. The van der Waals surface area contributed by atoms with Crippen LogP contribution in [0.3, 0.4) is 0 Å². The summed E-state index contributed by atoms with van der Waals surface area (Å²) in [5.41, 5.74) is 2.96. The molecule has 1 aliphatic heterocycles. The van der Waals surface area contributed by atoms with Crippen molar-refractivity contribution in [3.63, 3.8) is 0 Å². The molecule has 1 aromatic heterocycles. The van der Waals surface area contributed by atoms with Crippen molar-refractivity contribution in [3.05, 3.63) is 35.5 Å². The highest BCUT2D eigenvalue weighted by molar-refractivity contribution is 7.99. The summed E-state index contributed by atoms with van der Waals surface area (Å²) < 4.78 is 0. The van der Waals surface area contributed by atoms with E-state index >= 15 is 0 Å². The molecule has 1 atom stereocenters. The van der Waals surface area contributed by atoms with Crippen molar-refractivity contribution in [2.45, 2.75) is 19.0 Å². The lowest BCUT2D eigenvalue weighted by Crippen LogP contribution is -2.49. The van der Waals surface area contributed by atoms with Crippen LogP contribution in [0, 0.1) is 0 Å². The van der Waals surface area contributed by atoms with Crippen molar-refractivity contribution in [3.8, 4) is 0 Å². The Hall–Kier alpha value is -1.95. The third-order valence-electron chi connectivity index (χ3n) is 3.88. The van der Waals surface area contributed by atoms with Crippen LogP contribution in [0.4, 0.5) is 0 Å². The van der Waals surface area contributed by atoms with Gasteiger partial charge in [0.25, 0.3) is 0 Å². The number of para-hydroxylation sites is 1. The van der Waals surface area contributed by atoms with Gasteiger partial charge in [0.05, 0.1) is 12.3 Å². The number of thioether (sulfide) groups is 1. The number of nitrogens with one attached hydrogen (secondary N) is 1. The molecule has 0 saturated carbocycles. The lowest BCUT2D eigenvalue weighted by atomic mass is 9.96. The van der Waals surface area contributed by atoms with Gasteiger partial charge in [0.1, 0.15) is 6.04 Å². The van der Waals surface area contributed by atoms with Crippen LogP contribution in [0.1, 0.15) is 11.3 Å². The fraction of sp³-hybridized carbons (Fsp3) is 0.333. The maximum atomic E-state index is 12.2. The quantitative estimate of drug-likeness (QED) is 0.908. The van der Waals surface area contributed by atoms with Gasteiger partial charge in [0.15, 0.2) is 0 Å². The van der Waals surface area contributed by atoms with Crippen LogP contribution in [0.2, 0.25) is 0 Å². The monoisotopic (exact) mass is 304 g/mol. The van der Waals surface area contributed by atoms with Crippen molar-refractivity contribution >= 4 is 34.5 Å². The van der Waals surface area contributed by atoms with Crippen molar-refractivity contribution < 1.29 is 14.7 Å². The number of aromatic nitrogens is 1. The van der Waals surface area contributed by atoms with E-state index in [1.807, 2.05) is 30.5 Å². The van der Waals surface area contributed by atoms with Crippen LogP contribution < -0.4 is 0 Å². The van der Waals surface area contributed by atoms with Gasteiger partial charge in [0.2, 0.25) is 5.91 Å². The molecule has 0 radical (unpaired) electrons. The predicted octanol–water partition coefficient (Wildman–Crippen LogP) is 1.87. The number of benzene rings is 1. The Morgan fingerprint density at radius 1 is 1.43 bits per heavy atom. The molecule has 2 N–H and O–H groups in total. The van der Waals surface area contributed by atoms with Gasteiger partial charge in [-0.25, -0.2) is 4.79 Å². The number of carboxylic acids is 1. The highest BCUT2D eigenvalue weighted by atomic mass is 32.2. The molecule has 110 valence electrons. The van der Waals surface area contributed by atoms with Crippen LogP contribution in [-0.2, 0) is 22.6 Å². The van der Waals surface area contributed by atoms with Crippen LogP contribution in [0.5, 0.6) is 0 Å². The molecule has 3 rings (SSSR count). The molecular weight excluding hydrogens is 288 g/mol. The molecule has 0 fully saturated rings. The highest BCUT2D eigenvalue weighted by Crippen LogP contribution is 2.30. The van der Waals surface area contributed by atoms with Gasteiger partial charge in [-0.1, -0.05) is 18.2 Å². The largest absolute Gasteiger partial charge is 0.480 e. The minimum atomic E-state index is -0.944.